The summed E-state index contributed by atoms with van der Waals surface area (Å²) >= 11 is 0. The number of nitrogens with two attached hydrogens (primary N) is 1. The summed E-state index contributed by atoms with van der Waals surface area (Å²) in [6, 6.07) is 5.89. The van der Waals surface area contributed by atoms with Crippen LogP contribution in [0.2, 0.25) is 0 Å². The third-order valence-corrected chi connectivity index (χ3v) is 22.4. The van der Waals surface area contributed by atoms with Crippen LogP contribution in [0.4, 0.5) is 9.59 Å². The Labute approximate surface area is 776 Å². The molecule has 13 atom stereocenters. The second kappa shape index (κ2) is 55.7. The molecule has 2 aromatic carbocycles. The van der Waals surface area contributed by atoms with Crippen molar-refractivity contribution in [3.63, 3.8) is 0 Å². The van der Waals surface area contributed by atoms with E-state index in [0.29, 0.717) is 25.8 Å². The SMILES string of the molecule is CC[C@H](C)[C@@H](NC(=O)[C@H](NC(=O)[C@H](NC(=O)C(C)(C)NC(=O)CNC(=O)[C@H](NC(=O)OC(C)(C)C)C(C)C)C(C)C)C(C)C)C(=O)NC(C)(C)C(=O)N[C@@H](C(=O)N[C@@H](C(=O)NC(C)(C)C(=O)NCCCCCCCCCCCC(=O)N[C@H](C(=O)N[C@@H](Cc1ccccc1)[C@H](O)CN(Cc1ccccc1)C(=O)N[C@@H](CC(C)C)C(=O)N[C@H](C(N)=O)C(C)C)C(C)C)C(C)C)[C@@H](C)O. The predicted molar refractivity (Wildman–Crippen MR) is 502 cm³/mol. The summed E-state index contributed by atoms with van der Waals surface area (Å²) in [5.74, 6) is -13.2. The zero-order chi connectivity index (χ0) is 99.9. The van der Waals surface area contributed by atoms with Crippen LogP contribution in [0.1, 0.15) is 268 Å². The molecule has 0 heterocycles. The van der Waals surface area contributed by atoms with E-state index in [1.165, 1.54) is 53.4 Å². The van der Waals surface area contributed by atoms with E-state index < -0.39 is 220 Å². The lowest BCUT2D eigenvalue weighted by atomic mass is 9.94. The van der Waals surface area contributed by atoms with Gasteiger partial charge in [0.25, 0.3) is 0 Å². The molecule has 131 heavy (non-hydrogen) atoms. The molecule has 19 N–H and O–H groups in total. The molecule has 0 aliphatic heterocycles. The molecule has 740 valence electrons. The highest BCUT2D eigenvalue weighted by Gasteiger charge is 2.43. The van der Waals surface area contributed by atoms with Crippen LogP contribution >= 0.6 is 0 Å². The summed E-state index contributed by atoms with van der Waals surface area (Å²) < 4.78 is 5.27. The number of amides is 17. The lowest BCUT2D eigenvalue weighted by molar-refractivity contribution is -0.140. The molecular weight excluding hydrogens is 1680 g/mol. The first-order chi connectivity index (χ1) is 60.8. The van der Waals surface area contributed by atoms with Crippen molar-refractivity contribution in [1.82, 2.24) is 84.7 Å². The molecule has 0 unspecified atom stereocenters. The largest absolute Gasteiger partial charge is 0.444 e. The van der Waals surface area contributed by atoms with E-state index in [2.05, 4.69) is 79.8 Å². The lowest BCUT2D eigenvalue weighted by Gasteiger charge is -2.34. The Bertz CT molecular complexity index is 4040. The fourth-order valence-electron chi connectivity index (χ4n) is 14.1. The van der Waals surface area contributed by atoms with Gasteiger partial charge >= 0.3 is 12.1 Å². The van der Waals surface area contributed by atoms with E-state index in [1.807, 2.05) is 88.4 Å². The number of alkyl carbamates (subject to hydrolysis) is 1. The van der Waals surface area contributed by atoms with Crippen LogP contribution < -0.4 is 85.5 Å². The summed E-state index contributed by atoms with van der Waals surface area (Å²) in [5, 5.41) is 63.6. The maximum Gasteiger partial charge on any atom is 0.408 e. The summed E-state index contributed by atoms with van der Waals surface area (Å²) in [4.78, 5) is 221. The second-order valence-electron chi connectivity index (χ2n) is 39.7. The fraction of sp³-hybridized carbons (Fsp3) is 0.705. The first-order valence-electron chi connectivity index (χ1n) is 46.5. The number of ether oxygens (including phenoxy) is 1. The third kappa shape index (κ3) is 42.3. The maximum atomic E-state index is 14.4. The molecule has 0 aliphatic rings. The molecule has 0 saturated heterocycles. The van der Waals surface area contributed by atoms with Gasteiger partial charge in [0.05, 0.1) is 31.3 Å². The molecule has 0 spiro atoms. The molecular formula is C95H161N17O19. The van der Waals surface area contributed by atoms with Crippen molar-refractivity contribution in [1.29, 1.82) is 0 Å². The minimum atomic E-state index is -1.83. The van der Waals surface area contributed by atoms with E-state index in [-0.39, 0.29) is 56.0 Å². The molecule has 0 fully saturated rings. The van der Waals surface area contributed by atoms with Gasteiger partial charge in [-0.15, -0.1) is 0 Å². The van der Waals surface area contributed by atoms with Gasteiger partial charge in [-0.2, -0.15) is 0 Å². The third-order valence-electron chi connectivity index (χ3n) is 22.4. The molecule has 0 aliphatic carbocycles. The molecule has 17 amide bonds. The Morgan fingerprint density at radius 3 is 1.26 bits per heavy atom. The van der Waals surface area contributed by atoms with Gasteiger partial charge in [-0.25, -0.2) is 9.59 Å². The Morgan fingerprint density at radius 1 is 0.397 bits per heavy atom. The minimum Gasteiger partial charge on any atom is -0.444 e. The molecule has 2 aromatic rings. The normalized spacial score (nSPS) is 14.9. The van der Waals surface area contributed by atoms with Crippen LogP contribution in [0, 0.1) is 47.3 Å². The Hall–Kier alpha value is -10.5. The number of nitrogens with zero attached hydrogens (tertiary/aromatic N) is 1. The smallest absolute Gasteiger partial charge is 0.408 e. The Morgan fingerprint density at radius 2 is 0.794 bits per heavy atom. The van der Waals surface area contributed by atoms with Gasteiger partial charge in [-0.05, 0) is 153 Å². The number of nitrogens with one attached hydrogen (secondary N) is 15. The zero-order valence-electron chi connectivity index (χ0n) is 82.7. The number of hydrogen-bond acceptors (Lipinski definition) is 19. The number of unbranched alkanes of at least 4 members (excludes halogenated alkanes) is 8. The Kier molecular flexibility index (Phi) is 49.6. The monoisotopic (exact) mass is 1840 g/mol. The number of carbonyl (C=O) groups is 16. The van der Waals surface area contributed by atoms with E-state index in [9.17, 15) is 86.9 Å². The average Bonchev–Trinajstić information content (AvgIpc) is 0.829. The summed E-state index contributed by atoms with van der Waals surface area (Å²) in [6.45, 7) is 41.9. The van der Waals surface area contributed by atoms with Gasteiger partial charge in [0.2, 0.25) is 82.7 Å². The number of aliphatic hydroxyl groups excluding tert-OH is 2. The highest BCUT2D eigenvalue weighted by Crippen LogP contribution is 2.21. The second-order valence-corrected chi connectivity index (χ2v) is 39.7. The molecule has 36 heteroatoms. The van der Waals surface area contributed by atoms with E-state index in [0.717, 1.165) is 56.1 Å². The number of aliphatic hydroxyl groups is 2. The van der Waals surface area contributed by atoms with Gasteiger partial charge in [-0.1, -0.05) is 223 Å². The van der Waals surface area contributed by atoms with Crippen LogP contribution in [0.3, 0.4) is 0 Å². The molecule has 0 radical (unpaired) electrons. The van der Waals surface area contributed by atoms with E-state index in [1.54, 1.807) is 104 Å². The van der Waals surface area contributed by atoms with Crippen molar-refractivity contribution in [2.75, 3.05) is 19.6 Å². The number of hydrogen-bond donors (Lipinski definition) is 18. The van der Waals surface area contributed by atoms with E-state index >= 15 is 0 Å². The number of urea groups is 1. The predicted octanol–water partition coefficient (Wildman–Crippen LogP) is 5.65. The van der Waals surface area contributed by atoms with Crippen molar-refractivity contribution >= 4 is 94.8 Å². The molecule has 0 aromatic heterocycles. The molecule has 0 bridgehead atoms. The number of benzene rings is 2. The van der Waals surface area contributed by atoms with E-state index in [4.69, 9.17) is 10.5 Å². The zero-order valence-corrected chi connectivity index (χ0v) is 82.7. The van der Waals surface area contributed by atoms with Gasteiger partial charge in [0, 0.05) is 19.5 Å². The highest BCUT2D eigenvalue weighted by atomic mass is 16.6. The van der Waals surface area contributed by atoms with Gasteiger partial charge in [-0.3, -0.25) is 67.1 Å². The van der Waals surface area contributed by atoms with Crippen LogP contribution in [0.15, 0.2) is 60.7 Å². The maximum absolute atomic E-state index is 14.4. The van der Waals surface area contributed by atoms with Gasteiger partial charge in [0.1, 0.15) is 76.6 Å². The van der Waals surface area contributed by atoms with Crippen LogP contribution in [-0.2, 0) is 84.8 Å². The first-order valence-corrected chi connectivity index (χ1v) is 46.5. The van der Waals surface area contributed by atoms with Gasteiger partial charge in [0.15, 0.2) is 0 Å². The molecule has 2 rings (SSSR count). The standard InChI is InChI=1S/C95H161N17O19/c1-27-61(16)76(105-82(121)73(58(10)11)103-83(122)74(59(12)13)106-88(127)94(23,24)109-69(116)51-98-80(119)71(56(6)7)108-91(130)131-92(18,19)20)86(125)111-95(25,26)89(128)107-77(62(17)113)84(123)104-75(60(14)15)85(124)110-93(21,22)87(126)97-48-42-34-32-30-28-29-31-33-41-47-68(115)101-72(57(8)9)81(120)99-65(50-63-43-37-35-38-44-63)67(114)53-112(52-64-45-39-36-40-46-64)90(129)100-66(49-54(2)3)79(118)102-70(55(4)5)78(96)117/h35-40,43-46,54-62,65-67,70-77,113-114H,27-34,41-42,47-53H2,1-26H3,(H2,96,117)(H,97,126)(H,98,119)(H,99,120)(H,100,129)(H,101,115)(H,102,118)(H,103,122)(H,104,123)(H,105,121)(H,106,127)(H,107,128)(H,108,130)(H,109,116)(H,110,124)(H,111,125)/t61-,62+,65-,66-,67+,70-,71+,72-,73+,74+,75+,76+,77+/m0/s1. The van der Waals surface area contributed by atoms with Gasteiger partial charge < -0.3 is 105 Å². The summed E-state index contributed by atoms with van der Waals surface area (Å²) in [6.07, 6.45) is 4.65. The molecule has 0 saturated carbocycles. The Balaban J connectivity index is 2.00. The van der Waals surface area contributed by atoms with Crippen LogP contribution in [0.5, 0.6) is 0 Å². The average molecular weight is 1850 g/mol. The number of rotatable bonds is 57. The minimum absolute atomic E-state index is 0.0337. The topological polar surface area (TPSA) is 533 Å². The van der Waals surface area contributed by atoms with Crippen molar-refractivity contribution in [2.45, 2.75) is 365 Å². The lowest BCUT2D eigenvalue weighted by Crippen LogP contribution is -2.66. The van der Waals surface area contributed by atoms with Crippen molar-refractivity contribution in [2.24, 2.45) is 53.1 Å². The summed E-state index contributed by atoms with van der Waals surface area (Å²) in [5.41, 5.74) is 1.39. The first kappa shape index (κ1) is 117. The molecule has 36 nitrogen and oxygen atoms in total. The van der Waals surface area contributed by atoms with Crippen molar-refractivity contribution < 1.29 is 91.7 Å². The summed E-state index contributed by atoms with van der Waals surface area (Å²) in [7, 11) is 0. The van der Waals surface area contributed by atoms with Crippen molar-refractivity contribution in [3.8, 4) is 0 Å². The van der Waals surface area contributed by atoms with Crippen molar-refractivity contribution in [3.05, 3.63) is 71.8 Å². The fourth-order valence-corrected chi connectivity index (χ4v) is 14.1. The highest BCUT2D eigenvalue weighted by molar-refractivity contribution is 6.01. The van der Waals surface area contributed by atoms with Crippen LogP contribution in [0.25, 0.3) is 0 Å². The quantitative estimate of drug-likeness (QED) is 0.0355. The number of carbonyl (C=O) groups excluding carboxylic acids is 16. The van der Waals surface area contributed by atoms with Crippen LogP contribution in [-0.4, -0.2) is 224 Å². The number of primary amides is 1.